The van der Waals surface area contributed by atoms with Gasteiger partial charge in [0.1, 0.15) is 11.5 Å². The third kappa shape index (κ3) is 3.13. The van der Waals surface area contributed by atoms with Gasteiger partial charge in [0, 0.05) is 28.9 Å². The van der Waals surface area contributed by atoms with Crippen molar-refractivity contribution >= 4 is 16.7 Å². The number of nitrogens with two attached hydrogens (primary N) is 1. The van der Waals surface area contributed by atoms with Gasteiger partial charge in [-0.25, -0.2) is 0 Å². The molecule has 4 nitrogen and oxygen atoms in total. The number of rotatable bonds is 4. The summed E-state index contributed by atoms with van der Waals surface area (Å²) in [5.41, 5.74) is 7.83. The van der Waals surface area contributed by atoms with Crippen LogP contribution in [0.15, 0.2) is 85.2 Å². The van der Waals surface area contributed by atoms with Gasteiger partial charge in [0.15, 0.2) is 0 Å². The summed E-state index contributed by atoms with van der Waals surface area (Å²) in [5.74, 6) is 1.10. The largest absolute Gasteiger partial charge is 0.457 e. The fourth-order valence-corrected chi connectivity index (χ4v) is 2.87. The van der Waals surface area contributed by atoms with E-state index < -0.39 is 5.91 Å². The molecule has 26 heavy (non-hydrogen) atoms. The molecule has 0 saturated heterocycles. The number of primary amides is 1. The van der Waals surface area contributed by atoms with Crippen LogP contribution in [0.2, 0.25) is 0 Å². The molecule has 0 unspecified atom stereocenters. The summed E-state index contributed by atoms with van der Waals surface area (Å²) in [6, 6.07) is 22.8. The van der Waals surface area contributed by atoms with Gasteiger partial charge >= 0.3 is 0 Å². The Hall–Kier alpha value is -3.66. The number of benzene rings is 3. The minimum Gasteiger partial charge on any atom is -0.457 e. The molecule has 4 heteroatoms. The smallest absolute Gasteiger partial charge is 0.248 e. The van der Waals surface area contributed by atoms with E-state index in [1.54, 1.807) is 18.5 Å². The Bertz CT molecular complexity index is 1070. The number of para-hydroxylation sites is 1. The van der Waals surface area contributed by atoms with Gasteiger partial charge < -0.3 is 10.5 Å². The van der Waals surface area contributed by atoms with Crippen LogP contribution in [-0.2, 0) is 0 Å². The van der Waals surface area contributed by atoms with E-state index in [0.717, 1.165) is 33.4 Å². The molecule has 0 saturated carbocycles. The van der Waals surface area contributed by atoms with E-state index in [9.17, 15) is 4.79 Å². The lowest BCUT2D eigenvalue weighted by Crippen LogP contribution is -2.10. The fraction of sp³-hybridized carbons (Fsp3) is 0. The quantitative estimate of drug-likeness (QED) is 0.581. The van der Waals surface area contributed by atoms with Crippen molar-refractivity contribution in [3.63, 3.8) is 0 Å². The Kier molecular flexibility index (Phi) is 4.07. The number of ether oxygens (including phenoxy) is 1. The van der Waals surface area contributed by atoms with Crippen LogP contribution in [0, 0.1) is 0 Å². The number of fused-ring (bicyclic) bond motifs is 1. The van der Waals surface area contributed by atoms with Gasteiger partial charge in [0.05, 0.1) is 0 Å². The second-order valence-corrected chi connectivity index (χ2v) is 5.93. The van der Waals surface area contributed by atoms with Gasteiger partial charge in [-0.3, -0.25) is 9.78 Å². The second-order valence-electron chi connectivity index (χ2n) is 5.93. The molecule has 1 aromatic heterocycles. The molecule has 0 bridgehead atoms. The summed E-state index contributed by atoms with van der Waals surface area (Å²) in [4.78, 5) is 15.8. The minimum absolute atomic E-state index is 0.443. The van der Waals surface area contributed by atoms with Crippen LogP contribution in [0.5, 0.6) is 11.5 Å². The van der Waals surface area contributed by atoms with Gasteiger partial charge in [-0.05, 0) is 47.3 Å². The average molecular weight is 340 g/mol. The standard InChI is InChI=1S/C22H16N2O2/c23-22(25)16-6-7-17-13-24-14-21(20(17)12-16)15-8-10-19(11-9-15)26-18-4-2-1-3-5-18/h1-14H,(H2,23,25). The summed E-state index contributed by atoms with van der Waals surface area (Å²) in [6.07, 6.45) is 3.57. The van der Waals surface area contributed by atoms with Crippen molar-refractivity contribution in [2.75, 3.05) is 0 Å². The molecule has 1 amide bonds. The Morgan fingerprint density at radius 3 is 2.31 bits per heavy atom. The molecule has 0 radical (unpaired) electrons. The van der Waals surface area contributed by atoms with E-state index in [1.165, 1.54) is 0 Å². The highest BCUT2D eigenvalue weighted by atomic mass is 16.5. The SMILES string of the molecule is NC(=O)c1ccc2cncc(-c3ccc(Oc4ccccc4)cc3)c2c1. The number of carbonyl (C=O) groups excluding carboxylic acids is 1. The second kappa shape index (κ2) is 6.69. The van der Waals surface area contributed by atoms with Crippen molar-refractivity contribution < 1.29 is 9.53 Å². The molecule has 1 heterocycles. The third-order valence-corrected chi connectivity index (χ3v) is 4.19. The molecule has 0 spiro atoms. The van der Waals surface area contributed by atoms with Gasteiger partial charge in [-0.2, -0.15) is 0 Å². The average Bonchev–Trinajstić information content (AvgIpc) is 2.68. The molecule has 3 aromatic carbocycles. The molecule has 0 aliphatic carbocycles. The van der Waals surface area contributed by atoms with E-state index in [-0.39, 0.29) is 0 Å². The Morgan fingerprint density at radius 1 is 0.846 bits per heavy atom. The van der Waals surface area contributed by atoms with Crippen LogP contribution in [0.1, 0.15) is 10.4 Å². The molecule has 2 N–H and O–H groups in total. The van der Waals surface area contributed by atoms with E-state index in [1.807, 2.05) is 66.7 Å². The molecule has 0 fully saturated rings. The van der Waals surface area contributed by atoms with Gasteiger partial charge in [0.25, 0.3) is 0 Å². The van der Waals surface area contributed by atoms with Crippen molar-refractivity contribution in [3.8, 4) is 22.6 Å². The van der Waals surface area contributed by atoms with Gasteiger partial charge in [-0.15, -0.1) is 0 Å². The minimum atomic E-state index is -0.443. The predicted octanol–water partition coefficient (Wildman–Crippen LogP) is 4.79. The summed E-state index contributed by atoms with van der Waals surface area (Å²) in [6.45, 7) is 0. The summed E-state index contributed by atoms with van der Waals surface area (Å²) in [5, 5.41) is 1.89. The van der Waals surface area contributed by atoms with Crippen LogP contribution in [0.25, 0.3) is 21.9 Å². The Labute approximate surface area is 150 Å². The van der Waals surface area contributed by atoms with E-state index in [4.69, 9.17) is 10.5 Å². The number of aromatic nitrogens is 1. The third-order valence-electron chi connectivity index (χ3n) is 4.19. The van der Waals surface area contributed by atoms with E-state index in [2.05, 4.69) is 4.98 Å². The molecular formula is C22H16N2O2. The van der Waals surface area contributed by atoms with Crippen molar-refractivity contribution in [1.29, 1.82) is 0 Å². The lowest BCUT2D eigenvalue weighted by molar-refractivity contribution is 0.100. The maximum atomic E-state index is 11.5. The highest BCUT2D eigenvalue weighted by molar-refractivity contribution is 6.02. The van der Waals surface area contributed by atoms with Crippen LogP contribution in [0.4, 0.5) is 0 Å². The number of hydrogen-bond acceptors (Lipinski definition) is 3. The zero-order valence-corrected chi connectivity index (χ0v) is 13.9. The zero-order valence-electron chi connectivity index (χ0n) is 13.9. The van der Waals surface area contributed by atoms with Crippen molar-refractivity contribution in [2.24, 2.45) is 5.73 Å². The number of nitrogens with zero attached hydrogens (tertiary/aromatic N) is 1. The maximum Gasteiger partial charge on any atom is 0.248 e. The molecule has 0 atom stereocenters. The lowest BCUT2D eigenvalue weighted by Gasteiger charge is -2.09. The van der Waals surface area contributed by atoms with Crippen molar-refractivity contribution in [1.82, 2.24) is 4.98 Å². The topological polar surface area (TPSA) is 65.2 Å². The number of hydrogen-bond donors (Lipinski definition) is 1. The van der Waals surface area contributed by atoms with Crippen molar-refractivity contribution in [2.45, 2.75) is 0 Å². The molecule has 4 rings (SSSR count). The molecule has 0 aliphatic rings. The number of amides is 1. The molecular weight excluding hydrogens is 324 g/mol. The van der Waals surface area contributed by atoms with Crippen molar-refractivity contribution in [3.05, 3.63) is 90.8 Å². The van der Waals surface area contributed by atoms with E-state index in [0.29, 0.717) is 5.56 Å². The van der Waals surface area contributed by atoms with Gasteiger partial charge in [-0.1, -0.05) is 36.4 Å². The number of pyridine rings is 1. The molecule has 0 aliphatic heterocycles. The lowest BCUT2D eigenvalue weighted by atomic mass is 9.99. The van der Waals surface area contributed by atoms with Crippen LogP contribution >= 0.6 is 0 Å². The van der Waals surface area contributed by atoms with Crippen LogP contribution in [-0.4, -0.2) is 10.9 Å². The van der Waals surface area contributed by atoms with Crippen LogP contribution in [0.3, 0.4) is 0 Å². The summed E-state index contributed by atoms with van der Waals surface area (Å²) >= 11 is 0. The summed E-state index contributed by atoms with van der Waals surface area (Å²) in [7, 11) is 0. The molecule has 126 valence electrons. The highest BCUT2D eigenvalue weighted by Crippen LogP contribution is 2.30. The van der Waals surface area contributed by atoms with Crippen LogP contribution < -0.4 is 10.5 Å². The summed E-state index contributed by atoms with van der Waals surface area (Å²) < 4.78 is 5.83. The Balaban J connectivity index is 1.71. The maximum absolute atomic E-state index is 11.5. The molecule has 4 aromatic rings. The zero-order chi connectivity index (χ0) is 17.9. The van der Waals surface area contributed by atoms with E-state index >= 15 is 0 Å². The first-order valence-corrected chi connectivity index (χ1v) is 8.21. The van der Waals surface area contributed by atoms with Gasteiger partial charge in [0.2, 0.25) is 5.91 Å². The Morgan fingerprint density at radius 2 is 1.58 bits per heavy atom. The highest BCUT2D eigenvalue weighted by Gasteiger charge is 2.08. The first-order valence-electron chi connectivity index (χ1n) is 8.21. The first-order chi connectivity index (χ1) is 12.7. The monoisotopic (exact) mass is 340 g/mol. The fourth-order valence-electron chi connectivity index (χ4n) is 2.87. The first kappa shape index (κ1) is 15.8. The predicted molar refractivity (Wildman–Crippen MR) is 102 cm³/mol. The number of carbonyl (C=O) groups is 1. The normalized spacial score (nSPS) is 10.6.